The lowest BCUT2D eigenvalue weighted by Crippen LogP contribution is -2.27. The van der Waals surface area contributed by atoms with E-state index in [0.29, 0.717) is 18.3 Å². The van der Waals surface area contributed by atoms with Crippen LogP contribution in [0.1, 0.15) is 17.0 Å². The lowest BCUT2D eigenvalue weighted by molar-refractivity contribution is -0.121. The Kier molecular flexibility index (Phi) is 4.23. The van der Waals surface area contributed by atoms with Crippen LogP contribution in [-0.4, -0.2) is 20.7 Å². The van der Waals surface area contributed by atoms with E-state index in [4.69, 9.17) is 4.42 Å². The molecule has 1 aromatic carbocycles. The van der Waals surface area contributed by atoms with Crippen LogP contribution >= 0.6 is 0 Å². The number of benzene rings is 1. The van der Waals surface area contributed by atoms with E-state index in [1.165, 1.54) is 5.56 Å². The number of hydrogen-bond donors (Lipinski definition) is 1. The van der Waals surface area contributed by atoms with E-state index in [-0.39, 0.29) is 12.5 Å². The van der Waals surface area contributed by atoms with E-state index in [9.17, 15) is 4.79 Å². The van der Waals surface area contributed by atoms with Gasteiger partial charge in [-0.25, -0.2) is 0 Å². The van der Waals surface area contributed by atoms with Gasteiger partial charge in [-0.15, -0.1) is 10.2 Å². The number of aromatic nitrogens is 3. The number of rotatable bonds is 5. The first kappa shape index (κ1) is 15.0. The number of nitrogens with one attached hydrogen (secondary N) is 1. The largest absolute Gasteiger partial charge is 0.420 e. The van der Waals surface area contributed by atoms with Crippen LogP contribution in [0.2, 0.25) is 0 Å². The fourth-order valence-corrected chi connectivity index (χ4v) is 2.26. The van der Waals surface area contributed by atoms with Gasteiger partial charge in [0.1, 0.15) is 12.2 Å². The number of amides is 1. The summed E-state index contributed by atoms with van der Waals surface area (Å²) >= 11 is 0. The van der Waals surface area contributed by atoms with E-state index in [2.05, 4.69) is 15.5 Å². The highest BCUT2D eigenvalue weighted by molar-refractivity contribution is 5.76. The molecule has 0 aliphatic heterocycles. The molecular formula is C17H18N4O2. The van der Waals surface area contributed by atoms with Crippen molar-refractivity contribution in [3.8, 4) is 11.6 Å². The van der Waals surface area contributed by atoms with Gasteiger partial charge in [-0.05, 0) is 24.6 Å². The molecule has 6 nitrogen and oxygen atoms in total. The fraction of sp³-hybridized carbons (Fsp3) is 0.235. The van der Waals surface area contributed by atoms with Gasteiger partial charge in [-0.3, -0.25) is 4.79 Å². The molecule has 0 atom stereocenters. The van der Waals surface area contributed by atoms with Crippen molar-refractivity contribution in [2.24, 2.45) is 0 Å². The summed E-state index contributed by atoms with van der Waals surface area (Å²) in [5.41, 5.74) is 3.01. The molecule has 0 fully saturated rings. The van der Waals surface area contributed by atoms with Crippen LogP contribution < -0.4 is 5.32 Å². The third-order valence-electron chi connectivity index (χ3n) is 3.50. The van der Waals surface area contributed by atoms with Crippen LogP contribution in [0.3, 0.4) is 0 Å². The molecule has 1 N–H and O–H groups in total. The summed E-state index contributed by atoms with van der Waals surface area (Å²) in [6, 6.07) is 11.8. The molecule has 0 radical (unpaired) electrons. The molecule has 0 spiro atoms. The normalized spacial score (nSPS) is 10.7. The van der Waals surface area contributed by atoms with Gasteiger partial charge in [0.2, 0.25) is 11.8 Å². The first-order chi connectivity index (χ1) is 11.1. The van der Waals surface area contributed by atoms with Crippen molar-refractivity contribution in [3.05, 3.63) is 59.6 Å². The molecule has 1 amide bonds. The molecule has 6 heteroatoms. The van der Waals surface area contributed by atoms with E-state index in [1.54, 1.807) is 11.5 Å². The average molecular weight is 310 g/mol. The number of carbonyl (C=O) groups is 1. The summed E-state index contributed by atoms with van der Waals surface area (Å²) in [7, 11) is 0. The monoisotopic (exact) mass is 310 g/mol. The quantitative estimate of drug-likeness (QED) is 0.785. The minimum absolute atomic E-state index is 0.0701. The minimum atomic E-state index is -0.0701. The van der Waals surface area contributed by atoms with Crippen LogP contribution in [0.5, 0.6) is 0 Å². The van der Waals surface area contributed by atoms with Crippen LogP contribution in [0.25, 0.3) is 11.6 Å². The number of hydrogen-bond acceptors (Lipinski definition) is 4. The summed E-state index contributed by atoms with van der Waals surface area (Å²) in [5, 5.41) is 10.7. The topological polar surface area (TPSA) is 73.0 Å². The smallest absolute Gasteiger partial charge is 0.264 e. The highest BCUT2D eigenvalue weighted by Gasteiger charge is 2.12. The van der Waals surface area contributed by atoms with Crippen LogP contribution in [0.15, 0.2) is 47.0 Å². The number of carbonyl (C=O) groups excluding carboxylic acids is 1. The van der Waals surface area contributed by atoms with Gasteiger partial charge in [0.15, 0.2) is 0 Å². The van der Waals surface area contributed by atoms with Gasteiger partial charge in [-0.2, -0.15) is 0 Å². The second kappa shape index (κ2) is 6.48. The Morgan fingerprint density at radius 2 is 1.96 bits per heavy atom. The Hall–Kier alpha value is -2.89. The lowest BCUT2D eigenvalue weighted by atomic mass is 10.1. The molecule has 0 aliphatic rings. The Balaban J connectivity index is 1.62. The molecule has 3 aromatic rings. The highest BCUT2D eigenvalue weighted by Crippen LogP contribution is 2.18. The minimum Gasteiger partial charge on any atom is -0.420 e. The molecule has 0 bridgehead atoms. The third kappa shape index (κ3) is 3.66. The van der Waals surface area contributed by atoms with Crippen molar-refractivity contribution >= 4 is 5.91 Å². The average Bonchev–Trinajstić information content (AvgIpc) is 3.15. The van der Waals surface area contributed by atoms with Crippen molar-refractivity contribution in [2.45, 2.75) is 26.9 Å². The van der Waals surface area contributed by atoms with Crippen molar-refractivity contribution < 1.29 is 9.21 Å². The molecule has 2 aromatic heterocycles. The fourth-order valence-electron chi connectivity index (χ4n) is 2.26. The Morgan fingerprint density at radius 3 is 2.65 bits per heavy atom. The second-order valence-electron chi connectivity index (χ2n) is 5.41. The maximum atomic E-state index is 12.1. The predicted molar refractivity (Wildman–Crippen MR) is 85.5 cm³/mol. The van der Waals surface area contributed by atoms with Gasteiger partial charge < -0.3 is 14.3 Å². The Morgan fingerprint density at radius 1 is 1.17 bits per heavy atom. The van der Waals surface area contributed by atoms with Gasteiger partial charge in [0.05, 0.1) is 0 Å². The SMILES string of the molecule is Cc1ccc(CNC(=O)Cn2cccc2-c2nnc(C)o2)cc1. The van der Waals surface area contributed by atoms with E-state index in [1.807, 2.05) is 49.5 Å². The van der Waals surface area contributed by atoms with E-state index < -0.39 is 0 Å². The second-order valence-corrected chi connectivity index (χ2v) is 5.41. The van der Waals surface area contributed by atoms with Gasteiger partial charge in [0, 0.05) is 19.7 Å². The number of nitrogens with zero attached hydrogens (tertiary/aromatic N) is 3. The maximum Gasteiger partial charge on any atom is 0.264 e. The molecule has 23 heavy (non-hydrogen) atoms. The summed E-state index contributed by atoms with van der Waals surface area (Å²) in [5.74, 6) is 0.842. The van der Waals surface area contributed by atoms with E-state index >= 15 is 0 Å². The van der Waals surface area contributed by atoms with Crippen LogP contribution in [0.4, 0.5) is 0 Å². The highest BCUT2D eigenvalue weighted by atomic mass is 16.4. The predicted octanol–water partition coefficient (Wildman–Crippen LogP) is 2.47. The summed E-state index contributed by atoms with van der Waals surface area (Å²) < 4.78 is 7.20. The van der Waals surface area contributed by atoms with Gasteiger partial charge >= 0.3 is 0 Å². The molecule has 0 aliphatic carbocycles. The summed E-state index contributed by atoms with van der Waals surface area (Å²) in [6.45, 7) is 4.48. The summed E-state index contributed by atoms with van der Waals surface area (Å²) in [4.78, 5) is 12.1. The zero-order valence-electron chi connectivity index (χ0n) is 13.1. The standard InChI is InChI=1S/C17H18N4O2/c1-12-5-7-14(8-6-12)10-18-16(22)11-21-9-3-4-15(21)17-20-19-13(2)23-17/h3-9H,10-11H2,1-2H3,(H,18,22). The molecule has 0 saturated carbocycles. The molecule has 3 rings (SSSR count). The van der Waals surface area contributed by atoms with Crippen molar-refractivity contribution in [1.29, 1.82) is 0 Å². The molecule has 0 saturated heterocycles. The Labute approximate surface area is 134 Å². The van der Waals surface area contributed by atoms with Crippen LogP contribution in [0, 0.1) is 13.8 Å². The molecule has 2 heterocycles. The van der Waals surface area contributed by atoms with Crippen molar-refractivity contribution in [1.82, 2.24) is 20.1 Å². The van der Waals surface area contributed by atoms with Gasteiger partial charge in [-0.1, -0.05) is 29.8 Å². The number of aryl methyl sites for hydroxylation is 2. The molecule has 0 unspecified atom stereocenters. The first-order valence-electron chi connectivity index (χ1n) is 7.39. The van der Waals surface area contributed by atoms with Gasteiger partial charge in [0.25, 0.3) is 5.89 Å². The van der Waals surface area contributed by atoms with Crippen molar-refractivity contribution in [2.75, 3.05) is 0 Å². The maximum absolute atomic E-state index is 12.1. The van der Waals surface area contributed by atoms with E-state index in [0.717, 1.165) is 11.3 Å². The summed E-state index contributed by atoms with van der Waals surface area (Å²) in [6.07, 6.45) is 1.82. The first-order valence-corrected chi connectivity index (χ1v) is 7.39. The zero-order valence-corrected chi connectivity index (χ0v) is 13.1. The lowest BCUT2D eigenvalue weighted by Gasteiger charge is -2.08. The van der Waals surface area contributed by atoms with Crippen molar-refractivity contribution in [3.63, 3.8) is 0 Å². The molecular weight excluding hydrogens is 292 g/mol. The Bertz CT molecular complexity index is 802. The molecule has 118 valence electrons. The third-order valence-corrected chi connectivity index (χ3v) is 3.50. The van der Waals surface area contributed by atoms with Crippen LogP contribution in [-0.2, 0) is 17.9 Å². The zero-order chi connectivity index (χ0) is 16.2.